The number of nitriles is 1. The minimum absolute atomic E-state index is 0.149. The second-order valence-corrected chi connectivity index (χ2v) is 6.35. The van der Waals surface area contributed by atoms with Gasteiger partial charge in [0.2, 0.25) is 5.91 Å². The van der Waals surface area contributed by atoms with Crippen LogP contribution in [0, 0.1) is 11.3 Å². The van der Waals surface area contributed by atoms with Gasteiger partial charge in [0, 0.05) is 5.39 Å². The summed E-state index contributed by atoms with van der Waals surface area (Å²) in [6, 6.07) is 13.0. The molecule has 0 unspecified atom stereocenters. The zero-order valence-electron chi connectivity index (χ0n) is 14.2. The molecule has 0 saturated heterocycles. The molecule has 0 bridgehead atoms. The van der Waals surface area contributed by atoms with Gasteiger partial charge in [0.15, 0.2) is 0 Å². The summed E-state index contributed by atoms with van der Waals surface area (Å²) in [5.74, 6) is 1.45. The Bertz CT molecular complexity index is 949. The second kappa shape index (κ2) is 8.41. The van der Waals surface area contributed by atoms with Crippen molar-refractivity contribution in [3.8, 4) is 11.8 Å². The van der Waals surface area contributed by atoms with Gasteiger partial charge in [-0.05, 0) is 43.3 Å². The summed E-state index contributed by atoms with van der Waals surface area (Å²) in [6.07, 6.45) is 1.56. The van der Waals surface area contributed by atoms with Crippen LogP contribution in [0.1, 0.15) is 18.2 Å². The van der Waals surface area contributed by atoms with Crippen LogP contribution in [-0.2, 0) is 11.3 Å². The first-order valence-corrected chi connectivity index (χ1v) is 9.07. The highest BCUT2D eigenvalue weighted by atomic mass is 32.2. The fourth-order valence-electron chi connectivity index (χ4n) is 2.37. The Morgan fingerprint density at radius 3 is 3.00 bits per heavy atom. The van der Waals surface area contributed by atoms with Crippen molar-refractivity contribution in [1.82, 2.24) is 10.3 Å². The normalized spacial score (nSPS) is 10.5. The molecule has 0 aliphatic rings. The maximum atomic E-state index is 12.0. The number of hydrogen-bond acceptors (Lipinski definition) is 6. The number of fused-ring (bicyclic) bond motifs is 1. The number of nitrogens with zero attached hydrogens (tertiary/aromatic N) is 2. The number of amides is 1. The Morgan fingerprint density at radius 2 is 2.27 bits per heavy atom. The van der Waals surface area contributed by atoms with E-state index in [4.69, 9.17) is 9.15 Å². The fourth-order valence-corrected chi connectivity index (χ4v) is 3.16. The summed E-state index contributed by atoms with van der Waals surface area (Å²) < 4.78 is 10.6. The van der Waals surface area contributed by atoms with Gasteiger partial charge in [-0.25, -0.2) is 4.98 Å². The van der Waals surface area contributed by atoms with Gasteiger partial charge in [-0.2, -0.15) is 5.26 Å². The molecule has 0 fully saturated rings. The summed E-state index contributed by atoms with van der Waals surface area (Å²) in [7, 11) is 0. The predicted octanol–water partition coefficient (Wildman–Crippen LogP) is 3.51. The Morgan fingerprint density at radius 1 is 1.38 bits per heavy atom. The zero-order chi connectivity index (χ0) is 18.4. The van der Waals surface area contributed by atoms with Gasteiger partial charge in [0.05, 0.1) is 36.2 Å². The van der Waals surface area contributed by atoms with Crippen LogP contribution < -0.4 is 10.1 Å². The minimum Gasteiger partial charge on any atom is -0.494 e. The molecular formula is C19H17N3O3S. The Hall–Kier alpha value is -2.98. The van der Waals surface area contributed by atoms with Crippen molar-refractivity contribution in [1.29, 1.82) is 5.26 Å². The molecular weight excluding hydrogens is 350 g/mol. The molecule has 26 heavy (non-hydrogen) atoms. The fraction of sp³-hybridized carbons (Fsp3) is 0.211. The maximum Gasteiger partial charge on any atom is 0.230 e. The number of pyridine rings is 1. The maximum absolute atomic E-state index is 12.0. The lowest BCUT2D eigenvalue weighted by molar-refractivity contribution is -0.118. The topological polar surface area (TPSA) is 88.2 Å². The minimum atomic E-state index is -0.149. The highest BCUT2D eigenvalue weighted by molar-refractivity contribution is 8.00. The molecule has 0 saturated carbocycles. The SMILES string of the molecule is CCOc1ccc2nc(SCC(=O)NCc3ccco3)c(C#N)cc2c1. The number of carbonyl (C=O) groups is 1. The molecule has 7 heteroatoms. The van der Waals surface area contributed by atoms with Crippen molar-refractivity contribution in [3.05, 3.63) is 54.0 Å². The third-order valence-electron chi connectivity index (χ3n) is 3.56. The van der Waals surface area contributed by atoms with Gasteiger partial charge in [-0.1, -0.05) is 11.8 Å². The summed E-state index contributed by atoms with van der Waals surface area (Å²) >= 11 is 1.24. The molecule has 3 aromatic rings. The van der Waals surface area contributed by atoms with Crippen LogP contribution in [0.4, 0.5) is 0 Å². The number of furan rings is 1. The molecule has 0 radical (unpaired) electrons. The van der Waals surface area contributed by atoms with Crippen LogP contribution in [0.3, 0.4) is 0 Å². The molecule has 3 rings (SSSR count). The molecule has 2 aromatic heterocycles. The molecule has 0 aliphatic heterocycles. The largest absolute Gasteiger partial charge is 0.494 e. The van der Waals surface area contributed by atoms with Gasteiger partial charge in [-0.15, -0.1) is 0 Å². The van der Waals surface area contributed by atoms with Gasteiger partial charge >= 0.3 is 0 Å². The number of benzene rings is 1. The van der Waals surface area contributed by atoms with Crippen LogP contribution in [0.25, 0.3) is 10.9 Å². The molecule has 132 valence electrons. The van der Waals surface area contributed by atoms with Crippen LogP contribution in [0.5, 0.6) is 5.75 Å². The standard InChI is InChI=1S/C19H17N3O3S/c1-2-24-15-5-6-17-13(9-15)8-14(10-20)19(22-17)26-12-18(23)21-11-16-4-3-7-25-16/h3-9H,2,11-12H2,1H3,(H,21,23). The number of rotatable bonds is 7. The van der Waals surface area contributed by atoms with Gasteiger partial charge in [0.25, 0.3) is 0 Å². The number of ether oxygens (including phenoxy) is 1. The quantitative estimate of drug-likeness (QED) is 0.643. The van der Waals surface area contributed by atoms with E-state index in [0.717, 1.165) is 16.7 Å². The highest BCUT2D eigenvalue weighted by Crippen LogP contribution is 2.27. The van der Waals surface area contributed by atoms with E-state index in [2.05, 4.69) is 16.4 Å². The zero-order valence-corrected chi connectivity index (χ0v) is 15.0. The van der Waals surface area contributed by atoms with Crippen LogP contribution in [0.2, 0.25) is 0 Å². The average Bonchev–Trinajstić information content (AvgIpc) is 3.17. The summed E-state index contributed by atoms with van der Waals surface area (Å²) in [5, 5.41) is 13.5. The lowest BCUT2D eigenvalue weighted by Gasteiger charge is -2.08. The molecule has 0 atom stereocenters. The number of carbonyl (C=O) groups excluding carboxylic acids is 1. The van der Waals surface area contributed by atoms with E-state index in [1.807, 2.05) is 25.1 Å². The lowest BCUT2D eigenvalue weighted by Crippen LogP contribution is -2.24. The smallest absolute Gasteiger partial charge is 0.230 e. The van der Waals surface area contributed by atoms with Crippen molar-refractivity contribution in [3.63, 3.8) is 0 Å². The monoisotopic (exact) mass is 367 g/mol. The number of aromatic nitrogens is 1. The van der Waals surface area contributed by atoms with Crippen LogP contribution >= 0.6 is 11.8 Å². The van der Waals surface area contributed by atoms with Gasteiger partial charge < -0.3 is 14.5 Å². The highest BCUT2D eigenvalue weighted by Gasteiger charge is 2.11. The molecule has 1 aromatic carbocycles. The first-order chi connectivity index (χ1) is 12.7. The van der Waals surface area contributed by atoms with Crippen molar-refractivity contribution >= 4 is 28.6 Å². The molecule has 0 spiro atoms. The first-order valence-electron chi connectivity index (χ1n) is 8.09. The third-order valence-corrected chi connectivity index (χ3v) is 4.55. The Labute approximate surface area is 155 Å². The average molecular weight is 367 g/mol. The van der Waals surface area contributed by atoms with Gasteiger partial charge in [0.1, 0.15) is 22.6 Å². The van der Waals surface area contributed by atoms with Crippen molar-refractivity contribution < 1.29 is 13.9 Å². The summed E-state index contributed by atoms with van der Waals surface area (Å²) in [6.45, 7) is 2.83. The van der Waals surface area contributed by atoms with E-state index < -0.39 is 0 Å². The number of nitrogens with one attached hydrogen (secondary N) is 1. The van der Waals surface area contributed by atoms with Crippen molar-refractivity contribution in [2.75, 3.05) is 12.4 Å². The first kappa shape index (κ1) is 17.8. The van der Waals surface area contributed by atoms with E-state index in [1.54, 1.807) is 24.5 Å². The van der Waals surface area contributed by atoms with E-state index >= 15 is 0 Å². The van der Waals surface area contributed by atoms with Crippen molar-refractivity contribution in [2.24, 2.45) is 0 Å². The molecule has 2 heterocycles. The molecule has 1 amide bonds. The lowest BCUT2D eigenvalue weighted by atomic mass is 10.1. The Balaban J connectivity index is 1.69. The Kier molecular flexibility index (Phi) is 5.77. The summed E-state index contributed by atoms with van der Waals surface area (Å²) in [5.41, 5.74) is 1.20. The van der Waals surface area contributed by atoms with E-state index in [9.17, 15) is 10.1 Å². The predicted molar refractivity (Wildman–Crippen MR) is 98.9 cm³/mol. The number of hydrogen-bond donors (Lipinski definition) is 1. The third kappa shape index (κ3) is 4.35. The summed E-state index contributed by atoms with van der Waals surface area (Å²) in [4.78, 5) is 16.5. The van der Waals surface area contributed by atoms with E-state index in [0.29, 0.717) is 29.5 Å². The number of thioether (sulfide) groups is 1. The van der Waals surface area contributed by atoms with E-state index in [-0.39, 0.29) is 11.7 Å². The molecule has 6 nitrogen and oxygen atoms in total. The van der Waals surface area contributed by atoms with Crippen LogP contribution in [-0.4, -0.2) is 23.3 Å². The molecule has 1 N–H and O–H groups in total. The van der Waals surface area contributed by atoms with Crippen LogP contribution in [0.15, 0.2) is 52.1 Å². The van der Waals surface area contributed by atoms with E-state index in [1.165, 1.54) is 11.8 Å². The second-order valence-electron chi connectivity index (χ2n) is 5.39. The van der Waals surface area contributed by atoms with Gasteiger partial charge in [-0.3, -0.25) is 4.79 Å². The molecule has 0 aliphatic carbocycles. The van der Waals surface area contributed by atoms with Crippen molar-refractivity contribution in [2.45, 2.75) is 18.5 Å².